The molecule has 4 heteroatoms. The van der Waals surface area contributed by atoms with E-state index in [2.05, 4.69) is 9.72 Å². The van der Waals surface area contributed by atoms with Crippen molar-refractivity contribution in [3.05, 3.63) is 36.0 Å². The molecule has 2 rings (SSSR count). The molecule has 0 amide bonds. The van der Waals surface area contributed by atoms with Crippen LogP contribution < -0.4 is 4.74 Å². The molecule has 1 heterocycles. The van der Waals surface area contributed by atoms with Crippen molar-refractivity contribution < 1.29 is 14.3 Å². The zero-order valence-corrected chi connectivity index (χ0v) is 10.5. The lowest BCUT2D eigenvalue weighted by Crippen LogP contribution is -2.03. The zero-order chi connectivity index (χ0) is 13.0. The number of nitrogens with zero attached hydrogens (tertiary/aromatic N) is 1. The van der Waals surface area contributed by atoms with Gasteiger partial charge >= 0.3 is 5.97 Å². The maximum atomic E-state index is 11.1. The molecular formula is C14H15NO3. The van der Waals surface area contributed by atoms with Crippen LogP contribution in [-0.4, -0.2) is 25.2 Å². The Hall–Kier alpha value is -2.10. The van der Waals surface area contributed by atoms with Crippen LogP contribution in [0.5, 0.6) is 5.75 Å². The molecule has 4 nitrogen and oxygen atoms in total. The number of carbonyl (C=O) groups excluding carboxylic acids is 1. The van der Waals surface area contributed by atoms with Crippen LogP contribution in [-0.2, 0) is 16.0 Å². The Bertz CT molecular complexity index is 566. The van der Waals surface area contributed by atoms with Gasteiger partial charge in [0.05, 0.1) is 20.6 Å². The highest BCUT2D eigenvalue weighted by Crippen LogP contribution is 2.23. The molecule has 2 aromatic rings. The van der Waals surface area contributed by atoms with Crippen LogP contribution >= 0.6 is 0 Å². The van der Waals surface area contributed by atoms with Crippen molar-refractivity contribution in [1.82, 2.24) is 4.98 Å². The highest BCUT2D eigenvalue weighted by atomic mass is 16.5. The summed E-state index contributed by atoms with van der Waals surface area (Å²) in [6.07, 6.45) is 0.908. The molecule has 0 unspecified atom stereocenters. The lowest BCUT2D eigenvalue weighted by atomic mass is 10.1. The Labute approximate surface area is 106 Å². The molecular weight excluding hydrogens is 230 g/mol. The summed E-state index contributed by atoms with van der Waals surface area (Å²) in [5.41, 5.74) is 1.68. The molecule has 0 atom stereocenters. The molecule has 0 spiro atoms. The lowest BCUT2D eigenvalue weighted by molar-refractivity contribution is -0.140. The minimum absolute atomic E-state index is 0.225. The van der Waals surface area contributed by atoms with E-state index in [1.54, 1.807) is 7.11 Å². The Balaban J connectivity index is 2.28. The fourth-order valence-electron chi connectivity index (χ4n) is 1.80. The summed E-state index contributed by atoms with van der Waals surface area (Å²) in [5.74, 6) is 0.518. The summed E-state index contributed by atoms with van der Waals surface area (Å²) < 4.78 is 9.89. The van der Waals surface area contributed by atoms with E-state index in [1.165, 1.54) is 7.11 Å². The lowest BCUT2D eigenvalue weighted by Gasteiger charge is -2.06. The Morgan fingerprint density at radius 1 is 1.22 bits per heavy atom. The number of esters is 1. The Morgan fingerprint density at radius 2 is 2.06 bits per heavy atom. The van der Waals surface area contributed by atoms with Crippen molar-refractivity contribution in [1.29, 1.82) is 0 Å². The minimum Gasteiger partial charge on any atom is -0.494 e. The highest BCUT2D eigenvalue weighted by molar-refractivity contribution is 5.84. The van der Waals surface area contributed by atoms with E-state index in [0.717, 1.165) is 22.3 Å². The second-order valence-electron chi connectivity index (χ2n) is 3.91. The average Bonchev–Trinajstić information content (AvgIpc) is 2.43. The molecule has 1 aromatic heterocycles. The van der Waals surface area contributed by atoms with Gasteiger partial charge < -0.3 is 9.47 Å². The van der Waals surface area contributed by atoms with Gasteiger partial charge in [-0.2, -0.15) is 0 Å². The highest BCUT2D eigenvalue weighted by Gasteiger charge is 2.06. The number of ether oxygens (including phenoxy) is 2. The summed E-state index contributed by atoms with van der Waals surface area (Å²) in [4.78, 5) is 15.6. The summed E-state index contributed by atoms with van der Waals surface area (Å²) in [6.45, 7) is 0. The molecule has 0 N–H and O–H groups in total. The average molecular weight is 245 g/mol. The number of hydrogen-bond donors (Lipinski definition) is 0. The van der Waals surface area contributed by atoms with Gasteiger partial charge in [-0.25, -0.2) is 4.98 Å². The van der Waals surface area contributed by atoms with E-state index in [0.29, 0.717) is 12.8 Å². The van der Waals surface area contributed by atoms with E-state index in [9.17, 15) is 4.79 Å². The topological polar surface area (TPSA) is 48.4 Å². The summed E-state index contributed by atoms with van der Waals surface area (Å²) in [7, 11) is 3.01. The maximum Gasteiger partial charge on any atom is 0.305 e. The van der Waals surface area contributed by atoms with Gasteiger partial charge in [-0.15, -0.1) is 0 Å². The third kappa shape index (κ3) is 2.59. The van der Waals surface area contributed by atoms with Crippen molar-refractivity contribution in [2.45, 2.75) is 12.8 Å². The minimum atomic E-state index is -0.225. The number of methoxy groups -OCH3 is 2. The van der Waals surface area contributed by atoms with Gasteiger partial charge in [0.1, 0.15) is 11.3 Å². The largest absolute Gasteiger partial charge is 0.494 e. The summed E-state index contributed by atoms with van der Waals surface area (Å²) >= 11 is 0. The van der Waals surface area contributed by atoms with Gasteiger partial charge in [0.25, 0.3) is 0 Å². The van der Waals surface area contributed by atoms with Crippen LogP contribution in [0.25, 0.3) is 10.9 Å². The number of aromatic nitrogens is 1. The quantitative estimate of drug-likeness (QED) is 0.776. The molecule has 0 radical (unpaired) electrons. The predicted molar refractivity (Wildman–Crippen MR) is 68.6 cm³/mol. The molecule has 0 saturated heterocycles. The maximum absolute atomic E-state index is 11.1. The fourth-order valence-corrected chi connectivity index (χ4v) is 1.80. The van der Waals surface area contributed by atoms with Gasteiger partial charge in [-0.05, 0) is 12.1 Å². The van der Waals surface area contributed by atoms with Crippen molar-refractivity contribution >= 4 is 16.9 Å². The van der Waals surface area contributed by atoms with Crippen LogP contribution in [0.15, 0.2) is 30.3 Å². The van der Waals surface area contributed by atoms with E-state index in [4.69, 9.17) is 4.74 Å². The van der Waals surface area contributed by atoms with Gasteiger partial charge in [0, 0.05) is 17.5 Å². The van der Waals surface area contributed by atoms with E-state index in [-0.39, 0.29) is 5.97 Å². The predicted octanol–water partition coefficient (Wildman–Crippen LogP) is 2.35. The second-order valence-corrected chi connectivity index (χ2v) is 3.91. The molecule has 0 aliphatic heterocycles. The van der Waals surface area contributed by atoms with Crippen molar-refractivity contribution in [3.63, 3.8) is 0 Å². The number of aryl methyl sites for hydroxylation is 1. The number of para-hydroxylation sites is 1. The van der Waals surface area contributed by atoms with Crippen molar-refractivity contribution in [3.8, 4) is 5.75 Å². The van der Waals surface area contributed by atoms with Gasteiger partial charge in [-0.1, -0.05) is 18.2 Å². The first-order valence-electron chi connectivity index (χ1n) is 5.74. The zero-order valence-electron chi connectivity index (χ0n) is 10.5. The summed E-state index contributed by atoms with van der Waals surface area (Å²) in [5, 5.41) is 1.02. The standard InChI is InChI=1S/C14H15NO3/c1-17-12-5-3-4-10-6-7-11(15-14(10)12)8-9-13(16)18-2/h3-7H,8-9H2,1-2H3. The Morgan fingerprint density at radius 3 is 2.78 bits per heavy atom. The first kappa shape index (κ1) is 12.4. The molecule has 0 aliphatic carbocycles. The third-order valence-corrected chi connectivity index (χ3v) is 2.77. The molecule has 0 bridgehead atoms. The molecule has 0 aliphatic rings. The van der Waals surface area contributed by atoms with E-state index >= 15 is 0 Å². The normalized spacial score (nSPS) is 10.3. The van der Waals surface area contributed by atoms with Crippen LogP contribution in [0.2, 0.25) is 0 Å². The fraction of sp³-hybridized carbons (Fsp3) is 0.286. The molecule has 0 saturated carbocycles. The van der Waals surface area contributed by atoms with Gasteiger partial charge in [0.15, 0.2) is 0 Å². The number of pyridine rings is 1. The summed E-state index contributed by atoms with van der Waals surface area (Å²) in [6, 6.07) is 9.69. The number of carbonyl (C=O) groups is 1. The molecule has 1 aromatic carbocycles. The molecule has 94 valence electrons. The number of hydrogen-bond acceptors (Lipinski definition) is 4. The number of benzene rings is 1. The van der Waals surface area contributed by atoms with Crippen LogP contribution in [0.3, 0.4) is 0 Å². The molecule has 0 fully saturated rings. The first-order chi connectivity index (χ1) is 8.74. The van der Waals surface area contributed by atoms with Gasteiger partial charge in [0.2, 0.25) is 0 Å². The van der Waals surface area contributed by atoms with Crippen LogP contribution in [0.4, 0.5) is 0 Å². The van der Waals surface area contributed by atoms with Crippen LogP contribution in [0, 0.1) is 0 Å². The Kier molecular flexibility index (Phi) is 3.77. The molecule has 18 heavy (non-hydrogen) atoms. The van der Waals surface area contributed by atoms with E-state index < -0.39 is 0 Å². The van der Waals surface area contributed by atoms with Crippen molar-refractivity contribution in [2.24, 2.45) is 0 Å². The van der Waals surface area contributed by atoms with Crippen molar-refractivity contribution in [2.75, 3.05) is 14.2 Å². The smallest absolute Gasteiger partial charge is 0.305 e. The van der Waals surface area contributed by atoms with Crippen LogP contribution in [0.1, 0.15) is 12.1 Å². The first-order valence-corrected chi connectivity index (χ1v) is 5.74. The van der Waals surface area contributed by atoms with Gasteiger partial charge in [-0.3, -0.25) is 4.79 Å². The number of rotatable bonds is 4. The van der Waals surface area contributed by atoms with E-state index in [1.807, 2.05) is 30.3 Å². The third-order valence-electron chi connectivity index (χ3n) is 2.77. The number of fused-ring (bicyclic) bond motifs is 1. The SMILES string of the molecule is COC(=O)CCc1ccc2cccc(OC)c2n1. The second kappa shape index (κ2) is 5.49. The monoisotopic (exact) mass is 245 g/mol.